The molecular formula is C17H26N2O4S. The summed E-state index contributed by atoms with van der Waals surface area (Å²) in [6, 6.07) is 4.25. The first-order chi connectivity index (χ1) is 11.3. The van der Waals surface area contributed by atoms with E-state index in [4.69, 9.17) is 0 Å². The lowest BCUT2D eigenvalue weighted by Crippen LogP contribution is -2.33. The Bertz CT molecular complexity index is 682. The van der Waals surface area contributed by atoms with Gasteiger partial charge in [-0.3, -0.25) is 0 Å². The molecule has 0 radical (unpaired) electrons. The highest BCUT2D eigenvalue weighted by Gasteiger charge is 2.24. The second-order valence-electron chi connectivity index (χ2n) is 6.43. The molecule has 0 spiro atoms. The number of carbonyl (C=O) groups is 1. The van der Waals surface area contributed by atoms with E-state index in [0.717, 1.165) is 25.7 Å². The molecule has 0 heterocycles. The zero-order valence-corrected chi connectivity index (χ0v) is 15.0. The highest BCUT2D eigenvalue weighted by Crippen LogP contribution is 2.27. The molecule has 1 aliphatic rings. The average molecular weight is 354 g/mol. The average Bonchev–Trinajstić information content (AvgIpc) is 2.55. The number of benzene rings is 1. The third kappa shape index (κ3) is 4.70. The lowest BCUT2D eigenvalue weighted by Gasteiger charge is -2.25. The summed E-state index contributed by atoms with van der Waals surface area (Å²) in [5, 5.41) is 12.5. The van der Waals surface area contributed by atoms with Crippen LogP contribution in [0, 0.1) is 0 Å². The quantitative estimate of drug-likeness (QED) is 0.699. The number of sulfonamides is 1. The SMILES string of the molecule is CCC(C)NS(=O)(=O)c1cc(C(=O)O)ccc1NC1CCCCC1. The van der Waals surface area contributed by atoms with Gasteiger partial charge in [-0.05, 0) is 44.4 Å². The molecule has 0 aliphatic heterocycles. The fraction of sp³-hybridized carbons (Fsp3) is 0.588. The van der Waals surface area contributed by atoms with Crippen molar-refractivity contribution >= 4 is 21.7 Å². The summed E-state index contributed by atoms with van der Waals surface area (Å²) in [7, 11) is -3.78. The van der Waals surface area contributed by atoms with Gasteiger partial charge in [0.15, 0.2) is 0 Å². The molecule has 1 fully saturated rings. The Labute approximate surface area is 143 Å². The first-order valence-corrected chi connectivity index (χ1v) is 9.98. The highest BCUT2D eigenvalue weighted by molar-refractivity contribution is 7.89. The van der Waals surface area contributed by atoms with Crippen molar-refractivity contribution in [2.75, 3.05) is 5.32 Å². The molecule has 2 rings (SSSR count). The minimum absolute atomic E-state index is 0.00766. The Morgan fingerprint density at radius 1 is 1.29 bits per heavy atom. The molecule has 1 atom stereocenters. The van der Waals surface area contributed by atoms with E-state index in [1.54, 1.807) is 13.0 Å². The third-order valence-corrected chi connectivity index (χ3v) is 6.08. The van der Waals surface area contributed by atoms with Crippen LogP contribution in [0.5, 0.6) is 0 Å². The second kappa shape index (κ2) is 7.98. The van der Waals surface area contributed by atoms with E-state index < -0.39 is 16.0 Å². The zero-order valence-electron chi connectivity index (χ0n) is 14.2. The highest BCUT2D eigenvalue weighted by atomic mass is 32.2. The van der Waals surface area contributed by atoms with Gasteiger partial charge in [0.05, 0.1) is 11.3 Å². The van der Waals surface area contributed by atoms with Crippen molar-refractivity contribution in [3.63, 3.8) is 0 Å². The predicted octanol–water partition coefficient (Wildman–Crippen LogP) is 3.21. The summed E-state index contributed by atoms with van der Waals surface area (Å²) in [5.74, 6) is -1.14. The minimum Gasteiger partial charge on any atom is -0.478 e. The Hall–Kier alpha value is -1.60. The largest absolute Gasteiger partial charge is 0.478 e. The zero-order chi connectivity index (χ0) is 17.7. The van der Waals surface area contributed by atoms with Gasteiger partial charge in [0.25, 0.3) is 0 Å². The first-order valence-electron chi connectivity index (χ1n) is 8.49. The smallest absolute Gasteiger partial charge is 0.335 e. The van der Waals surface area contributed by atoms with Crippen molar-refractivity contribution in [1.29, 1.82) is 0 Å². The Kier molecular flexibility index (Phi) is 6.23. The molecule has 1 aromatic rings. The standard InChI is InChI=1S/C17H26N2O4S/c1-3-12(2)19-24(22,23)16-11-13(17(20)21)9-10-15(16)18-14-7-5-4-6-8-14/h9-12,14,18-19H,3-8H2,1-2H3,(H,20,21). The fourth-order valence-corrected chi connectivity index (χ4v) is 4.40. The number of carboxylic acids is 1. The summed E-state index contributed by atoms with van der Waals surface area (Å²) >= 11 is 0. The van der Waals surface area contributed by atoms with Crippen molar-refractivity contribution < 1.29 is 18.3 Å². The van der Waals surface area contributed by atoms with Gasteiger partial charge in [-0.25, -0.2) is 17.9 Å². The van der Waals surface area contributed by atoms with Crippen LogP contribution in [0.3, 0.4) is 0 Å². The van der Waals surface area contributed by atoms with Crippen molar-refractivity contribution in [3.8, 4) is 0 Å². The molecule has 1 unspecified atom stereocenters. The van der Waals surface area contributed by atoms with Crippen molar-refractivity contribution in [3.05, 3.63) is 23.8 Å². The summed E-state index contributed by atoms with van der Waals surface area (Å²) in [4.78, 5) is 11.2. The third-order valence-electron chi connectivity index (χ3n) is 4.45. The lowest BCUT2D eigenvalue weighted by molar-refractivity contribution is 0.0696. The maximum Gasteiger partial charge on any atom is 0.335 e. The Morgan fingerprint density at radius 3 is 2.54 bits per heavy atom. The molecule has 0 amide bonds. The van der Waals surface area contributed by atoms with Crippen LogP contribution < -0.4 is 10.0 Å². The van der Waals surface area contributed by atoms with Crippen molar-refractivity contribution in [2.45, 2.75) is 69.4 Å². The van der Waals surface area contributed by atoms with Gasteiger partial charge < -0.3 is 10.4 Å². The van der Waals surface area contributed by atoms with E-state index >= 15 is 0 Å². The molecule has 0 aromatic heterocycles. The van der Waals surface area contributed by atoms with Crippen LogP contribution >= 0.6 is 0 Å². The molecule has 3 N–H and O–H groups in total. The Morgan fingerprint density at radius 2 is 1.96 bits per heavy atom. The van der Waals surface area contributed by atoms with Gasteiger partial charge in [-0.2, -0.15) is 0 Å². The predicted molar refractivity (Wildman–Crippen MR) is 94.0 cm³/mol. The van der Waals surface area contributed by atoms with Gasteiger partial charge in [-0.15, -0.1) is 0 Å². The molecule has 0 bridgehead atoms. The van der Waals surface area contributed by atoms with E-state index in [-0.39, 0.29) is 22.5 Å². The number of aromatic carboxylic acids is 1. The summed E-state index contributed by atoms with van der Waals surface area (Å²) in [5.41, 5.74) is 0.441. The molecular weight excluding hydrogens is 328 g/mol. The Balaban J connectivity index is 2.37. The van der Waals surface area contributed by atoms with Gasteiger partial charge >= 0.3 is 5.97 Å². The number of nitrogens with one attached hydrogen (secondary N) is 2. The maximum atomic E-state index is 12.7. The van der Waals surface area contributed by atoms with Crippen LogP contribution in [-0.2, 0) is 10.0 Å². The van der Waals surface area contributed by atoms with Crippen molar-refractivity contribution in [2.24, 2.45) is 0 Å². The molecule has 0 saturated heterocycles. The van der Waals surface area contributed by atoms with E-state index in [2.05, 4.69) is 10.0 Å². The molecule has 7 heteroatoms. The van der Waals surface area contributed by atoms with E-state index in [1.807, 2.05) is 6.92 Å². The molecule has 1 aliphatic carbocycles. The van der Waals surface area contributed by atoms with Crippen molar-refractivity contribution in [1.82, 2.24) is 4.72 Å². The molecule has 24 heavy (non-hydrogen) atoms. The van der Waals surface area contributed by atoms with Crippen LogP contribution in [0.4, 0.5) is 5.69 Å². The number of anilines is 1. The van der Waals surface area contributed by atoms with E-state index in [9.17, 15) is 18.3 Å². The van der Waals surface area contributed by atoms with Crippen LogP contribution in [0.25, 0.3) is 0 Å². The summed E-state index contributed by atoms with van der Waals surface area (Å²) < 4.78 is 28.0. The number of hydrogen-bond donors (Lipinski definition) is 3. The summed E-state index contributed by atoms with van der Waals surface area (Å²) in [6.45, 7) is 3.68. The van der Waals surface area contributed by atoms with Gasteiger partial charge in [0.1, 0.15) is 4.90 Å². The van der Waals surface area contributed by atoms with Gasteiger partial charge in [0, 0.05) is 12.1 Å². The summed E-state index contributed by atoms with van der Waals surface area (Å²) in [6.07, 6.45) is 6.11. The van der Waals surface area contributed by atoms with Crippen LogP contribution in [0.1, 0.15) is 62.7 Å². The lowest BCUT2D eigenvalue weighted by atomic mass is 9.95. The number of rotatable bonds is 7. The fourth-order valence-electron chi connectivity index (χ4n) is 2.88. The normalized spacial score (nSPS) is 17.4. The molecule has 134 valence electrons. The van der Waals surface area contributed by atoms with Gasteiger partial charge in [0.2, 0.25) is 10.0 Å². The number of hydrogen-bond acceptors (Lipinski definition) is 4. The second-order valence-corrected chi connectivity index (χ2v) is 8.11. The van der Waals surface area contributed by atoms with E-state index in [0.29, 0.717) is 12.1 Å². The van der Waals surface area contributed by atoms with Crippen LogP contribution in [0.2, 0.25) is 0 Å². The van der Waals surface area contributed by atoms with Gasteiger partial charge in [-0.1, -0.05) is 26.2 Å². The molecule has 1 aromatic carbocycles. The van der Waals surface area contributed by atoms with Crippen LogP contribution in [0.15, 0.2) is 23.1 Å². The number of carboxylic acid groups (broad SMARTS) is 1. The molecule has 6 nitrogen and oxygen atoms in total. The van der Waals surface area contributed by atoms with E-state index in [1.165, 1.54) is 18.6 Å². The minimum atomic E-state index is -3.78. The maximum absolute atomic E-state index is 12.7. The first kappa shape index (κ1) is 18.7. The topological polar surface area (TPSA) is 95.5 Å². The molecule has 1 saturated carbocycles. The van der Waals surface area contributed by atoms with Crippen LogP contribution in [-0.4, -0.2) is 31.6 Å². The monoisotopic (exact) mass is 354 g/mol.